The maximum Gasteiger partial charge on any atom is 0.243 e. The predicted molar refractivity (Wildman–Crippen MR) is 115 cm³/mol. The molecule has 10 heteroatoms. The first kappa shape index (κ1) is 21.1. The molecule has 1 aromatic heterocycles. The quantitative estimate of drug-likeness (QED) is 0.652. The standard InChI is InChI=1S/C21H24N6O3S/c1-15-5-6-18(12-16(15)2)23-21(28)17-4-3-11-26(13-17)31(29,30)20-9-7-19(8-10-20)27-14-22-24-25-27/h5-10,12,14,17H,3-4,11,13H2,1-2H3,(H,23,28). The number of sulfonamides is 1. The van der Waals surface area contributed by atoms with Crippen molar-refractivity contribution >= 4 is 21.6 Å². The Morgan fingerprint density at radius 1 is 1.10 bits per heavy atom. The summed E-state index contributed by atoms with van der Waals surface area (Å²) in [6.45, 7) is 4.56. The molecule has 1 N–H and O–H groups in total. The van der Waals surface area contributed by atoms with Crippen molar-refractivity contribution in [2.24, 2.45) is 5.92 Å². The van der Waals surface area contributed by atoms with Crippen LogP contribution in [0.3, 0.4) is 0 Å². The van der Waals surface area contributed by atoms with Crippen molar-refractivity contribution in [1.82, 2.24) is 24.5 Å². The summed E-state index contributed by atoms with van der Waals surface area (Å²) in [7, 11) is -3.71. The molecule has 0 saturated carbocycles. The molecule has 1 atom stereocenters. The van der Waals surface area contributed by atoms with E-state index in [-0.39, 0.29) is 17.3 Å². The van der Waals surface area contributed by atoms with Crippen LogP contribution in [-0.2, 0) is 14.8 Å². The number of carbonyl (C=O) groups excluding carboxylic acids is 1. The third-order valence-electron chi connectivity index (χ3n) is 5.62. The first-order valence-corrected chi connectivity index (χ1v) is 11.5. The van der Waals surface area contributed by atoms with Gasteiger partial charge >= 0.3 is 0 Å². The van der Waals surface area contributed by atoms with Crippen LogP contribution >= 0.6 is 0 Å². The number of benzene rings is 2. The lowest BCUT2D eigenvalue weighted by atomic mass is 9.98. The van der Waals surface area contributed by atoms with Crippen LogP contribution in [0.1, 0.15) is 24.0 Å². The maximum absolute atomic E-state index is 13.1. The molecule has 1 saturated heterocycles. The molecule has 0 radical (unpaired) electrons. The highest BCUT2D eigenvalue weighted by Crippen LogP contribution is 2.26. The molecule has 0 bridgehead atoms. The van der Waals surface area contributed by atoms with Crippen LogP contribution < -0.4 is 5.32 Å². The minimum Gasteiger partial charge on any atom is -0.326 e. The van der Waals surface area contributed by atoms with E-state index in [0.29, 0.717) is 25.1 Å². The molecule has 2 heterocycles. The van der Waals surface area contributed by atoms with Crippen LogP contribution in [-0.4, -0.2) is 51.9 Å². The molecule has 1 fully saturated rings. The molecule has 3 aromatic rings. The van der Waals surface area contributed by atoms with Crippen molar-refractivity contribution < 1.29 is 13.2 Å². The molecule has 1 aliphatic heterocycles. The van der Waals surface area contributed by atoms with Crippen LogP contribution in [0.4, 0.5) is 5.69 Å². The highest BCUT2D eigenvalue weighted by Gasteiger charge is 2.33. The van der Waals surface area contributed by atoms with Crippen molar-refractivity contribution in [1.29, 1.82) is 0 Å². The van der Waals surface area contributed by atoms with Gasteiger partial charge in [0.05, 0.1) is 16.5 Å². The van der Waals surface area contributed by atoms with Crippen molar-refractivity contribution in [2.45, 2.75) is 31.6 Å². The summed E-state index contributed by atoms with van der Waals surface area (Å²) in [4.78, 5) is 13.0. The Balaban J connectivity index is 1.46. The lowest BCUT2D eigenvalue weighted by Crippen LogP contribution is -2.43. The number of tetrazole rings is 1. The number of nitrogens with one attached hydrogen (secondary N) is 1. The number of rotatable bonds is 5. The molecular formula is C21H24N6O3S. The van der Waals surface area contributed by atoms with E-state index in [1.807, 2.05) is 32.0 Å². The summed E-state index contributed by atoms with van der Waals surface area (Å²) in [5.41, 5.74) is 3.63. The van der Waals surface area contributed by atoms with Crippen molar-refractivity contribution in [3.05, 3.63) is 59.9 Å². The van der Waals surface area contributed by atoms with Gasteiger partial charge in [0.25, 0.3) is 0 Å². The molecule has 1 unspecified atom stereocenters. The molecule has 0 spiro atoms. The number of aromatic nitrogens is 4. The fourth-order valence-corrected chi connectivity index (χ4v) is 5.16. The van der Waals surface area contributed by atoms with Crippen LogP contribution in [0.5, 0.6) is 0 Å². The van der Waals surface area contributed by atoms with Gasteiger partial charge in [-0.2, -0.15) is 4.31 Å². The van der Waals surface area contributed by atoms with Gasteiger partial charge in [-0.15, -0.1) is 5.10 Å². The monoisotopic (exact) mass is 440 g/mol. The van der Waals surface area contributed by atoms with E-state index in [1.165, 1.54) is 27.4 Å². The molecule has 1 aliphatic rings. The zero-order valence-electron chi connectivity index (χ0n) is 17.4. The Hall–Kier alpha value is -3.11. The van der Waals surface area contributed by atoms with Crippen LogP contribution in [0, 0.1) is 19.8 Å². The van der Waals surface area contributed by atoms with E-state index in [2.05, 4.69) is 20.8 Å². The van der Waals surface area contributed by atoms with Gasteiger partial charge in [0, 0.05) is 18.8 Å². The average Bonchev–Trinajstić information content (AvgIpc) is 3.31. The number of carbonyl (C=O) groups is 1. The Morgan fingerprint density at radius 3 is 2.55 bits per heavy atom. The van der Waals surface area contributed by atoms with Crippen molar-refractivity contribution in [3.63, 3.8) is 0 Å². The summed E-state index contributed by atoms with van der Waals surface area (Å²) in [6, 6.07) is 12.1. The van der Waals surface area contributed by atoms with Crippen LogP contribution in [0.25, 0.3) is 5.69 Å². The first-order valence-electron chi connectivity index (χ1n) is 10.1. The van der Waals surface area contributed by atoms with E-state index in [4.69, 9.17) is 0 Å². The van der Waals surface area contributed by atoms with Gasteiger partial charge in [0.2, 0.25) is 15.9 Å². The van der Waals surface area contributed by atoms with Crippen LogP contribution in [0.15, 0.2) is 53.7 Å². The summed E-state index contributed by atoms with van der Waals surface area (Å²) >= 11 is 0. The second-order valence-electron chi connectivity index (χ2n) is 7.74. The predicted octanol–water partition coefficient (Wildman–Crippen LogP) is 2.32. The number of hydrogen-bond acceptors (Lipinski definition) is 6. The van der Waals surface area contributed by atoms with E-state index < -0.39 is 15.9 Å². The minimum atomic E-state index is -3.71. The zero-order chi connectivity index (χ0) is 22.0. The largest absolute Gasteiger partial charge is 0.326 e. The number of amides is 1. The molecular weight excluding hydrogens is 416 g/mol. The van der Waals surface area contributed by atoms with E-state index in [0.717, 1.165) is 16.8 Å². The first-order chi connectivity index (χ1) is 14.8. The lowest BCUT2D eigenvalue weighted by molar-refractivity contribution is -0.120. The second kappa shape index (κ2) is 8.56. The molecule has 31 heavy (non-hydrogen) atoms. The Morgan fingerprint density at radius 2 is 1.87 bits per heavy atom. The number of anilines is 1. The summed E-state index contributed by atoms with van der Waals surface area (Å²) in [6.07, 6.45) is 2.72. The lowest BCUT2D eigenvalue weighted by Gasteiger charge is -2.31. The molecule has 4 rings (SSSR count). The Kier molecular flexibility index (Phi) is 5.84. The molecule has 9 nitrogen and oxygen atoms in total. The van der Waals surface area contributed by atoms with Crippen LogP contribution in [0.2, 0.25) is 0 Å². The number of hydrogen-bond donors (Lipinski definition) is 1. The number of nitrogens with zero attached hydrogens (tertiary/aromatic N) is 5. The fourth-order valence-electron chi connectivity index (χ4n) is 3.64. The van der Waals surface area contributed by atoms with E-state index >= 15 is 0 Å². The van der Waals surface area contributed by atoms with Gasteiger partial charge < -0.3 is 5.32 Å². The van der Waals surface area contributed by atoms with E-state index in [9.17, 15) is 13.2 Å². The Bertz CT molecular complexity index is 1180. The highest BCUT2D eigenvalue weighted by molar-refractivity contribution is 7.89. The summed E-state index contributed by atoms with van der Waals surface area (Å²) < 4.78 is 29.1. The van der Waals surface area contributed by atoms with Crippen molar-refractivity contribution in [3.8, 4) is 5.69 Å². The SMILES string of the molecule is Cc1ccc(NC(=O)C2CCCN(S(=O)(=O)c3ccc(-n4cnnn4)cc3)C2)cc1C. The molecule has 162 valence electrons. The second-order valence-corrected chi connectivity index (χ2v) is 9.68. The van der Waals surface area contributed by atoms with E-state index in [1.54, 1.807) is 12.1 Å². The van der Waals surface area contributed by atoms with Gasteiger partial charge in [0.15, 0.2) is 0 Å². The molecule has 1 amide bonds. The zero-order valence-corrected chi connectivity index (χ0v) is 18.2. The highest BCUT2D eigenvalue weighted by atomic mass is 32.2. The minimum absolute atomic E-state index is 0.155. The number of piperidine rings is 1. The topological polar surface area (TPSA) is 110 Å². The van der Waals surface area contributed by atoms with Gasteiger partial charge in [-0.3, -0.25) is 4.79 Å². The fraction of sp³-hybridized carbons (Fsp3) is 0.333. The van der Waals surface area contributed by atoms with Gasteiger partial charge in [-0.25, -0.2) is 13.1 Å². The van der Waals surface area contributed by atoms with Crippen molar-refractivity contribution in [2.75, 3.05) is 18.4 Å². The van der Waals surface area contributed by atoms with Gasteiger partial charge in [-0.05, 0) is 84.6 Å². The maximum atomic E-state index is 13.1. The van der Waals surface area contributed by atoms with Gasteiger partial charge in [0.1, 0.15) is 6.33 Å². The molecule has 2 aromatic carbocycles. The molecule has 0 aliphatic carbocycles. The summed E-state index contributed by atoms with van der Waals surface area (Å²) in [5.74, 6) is -0.553. The smallest absolute Gasteiger partial charge is 0.243 e. The third-order valence-corrected chi connectivity index (χ3v) is 7.50. The normalized spacial score (nSPS) is 17.4. The average molecular weight is 441 g/mol. The Labute approximate surface area is 181 Å². The third kappa shape index (κ3) is 4.49. The number of aryl methyl sites for hydroxylation is 2. The summed E-state index contributed by atoms with van der Waals surface area (Å²) in [5, 5.41) is 13.9. The van der Waals surface area contributed by atoms with Gasteiger partial charge in [-0.1, -0.05) is 6.07 Å².